The third-order valence-electron chi connectivity index (χ3n) is 2.45. The van der Waals surface area contributed by atoms with Crippen molar-refractivity contribution in [3.8, 4) is 5.75 Å². The molecular weight excluding hydrogens is 214 g/mol. The van der Waals surface area contributed by atoms with Crippen molar-refractivity contribution >= 4 is 0 Å². The quantitative estimate of drug-likeness (QED) is 0.447. The number of phenols is 1. The summed E-state index contributed by atoms with van der Waals surface area (Å²) in [6.07, 6.45) is 4.79. The predicted octanol–water partition coefficient (Wildman–Crippen LogP) is 3.16. The number of nitrogens with zero attached hydrogens (tertiary/aromatic N) is 3. The van der Waals surface area contributed by atoms with Crippen LogP contribution in [-0.2, 0) is 6.42 Å². The molecule has 0 unspecified atom stereocenters. The summed E-state index contributed by atoms with van der Waals surface area (Å²) in [5.74, 6) is 0.315. The Bertz CT molecular complexity index is 359. The summed E-state index contributed by atoms with van der Waals surface area (Å²) in [6, 6.07) is 7.34. The first-order valence-corrected chi connectivity index (χ1v) is 5.73. The summed E-state index contributed by atoms with van der Waals surface area (Å²) in [4.78, 5) is 0. The van der Waals surface area contributed by atoms with Crippen molar-refractivity contribution in [1.82, 2.24) is 5.01 Å². The number of unbranched alkanes of at least 4 members (excludes halogenated alkanes) is 1. The molecule has 0 radical (unpaired) electrons. The van der Waals surface area contributed by atoms with Crippen LogP contribution in [0.2, 0.25) is 0 Å². The molecule has 4 heteroatoms. The summed E-state index contributed by atoms with van der Waals surface area (Å²) < 4.78 is 0. The van der Waals surface area contributed by atoms with Crippen LogP contribution < -0.4 is 0 Å². The maximum absolute atomic E-state index is 9.15. The second-order valence-corrected chi connectivity index (χ2v) is 3.76. The zero-order valence-corrected chi connectivity index (χ0v) is 10.2. The summed E-state index contributed by atoms with van der Waals surface area (Å²) in [6.45, 7) is 4.50. The lowest BCUT2D eigenvalue weighted by Gasteiger charge is -2.11. The molecular formula is C13H19N3O. The van der Waals surface area contributed by atoms with Crippen molar-refractivity contribution in [2.45, 2.75) is 19.3 Å². The van der Waals surface area contributed by atoms with Gasteiger partial charge in [-0.25, -0.2) is 0 Å². The van der Waals surface area contributed by atoms with E-state index < -0.39 is 0 Å². The summed E-state index contributed by atoms with van der Waals surface area (Å²) >= 11 is 0. The molecule has 0 aliphatic carbocycles. The van der Waals surface area contributed by atoms with Gasteiger partial charge in [-0.15, -0.1) is 0 Å². The van der Waals surface area contributed by atoms with Gasteiger partial charge in [0.2, 0.25) is 0 Å². The fraction of sp³-hybridized carbons (Fsp3) is 0.385. The van der Waals surface area contributed by atoms with Gasteiger partial charge in [0, 0.05) is 12.7 Å². The fourth-order valence-corrected chi connectivity index (χ4v) is 1.55. The Hall–Kier alpha value is -1.84. The number of hydrogen-bond acceptors (Lipinski definition) is 3. The number of phenolic OH excluding ortho intramolecular Hbond substituents is 1. The Morgan fingerprint density at radius 1 is 1.29 bits per heavy atom. The fourth-order valence-electron chi connectivity index (χ4n) is 1.55. The Labute approximate surface area is 102 Å². The zero-order chi connectivity index (χ0) is 12.5. The highest BCUT2D eigenvalue weighted by atomic mass is 16.3. The molecule has 0 aliphatic rings. The molecule has 0 bridgehead atoms. The second-order valence-electron chi connectivity index (χ2n) is 3.76. The molecule has 0 aromatic heterocycles. The van der Waals surface area contributed by atoms with E-state index >= 15 is 0 Å². The molecule has 4 nitrogen and oxygen atoms in total. The topological polar surface area (TPSA) is 48.2 Å². The smallest absolute Gasteiger partial charge is 0.115 e. The average Bonchev–Trinajstić information content (AvgIpc) is 2.35. The zero-order valence-electron chi connectivity index (χ0n) is 10.2. The number of hydrogen-bond donors (Lipinski definition) is 1. The highest BCUT2D eigenvalue weighted by Gasteiger charge is 1.97. The molecule has 1 N–H and O–H groups in total. The minimum atomic E-state index is 0.315. The summed E-state index contributed by atoms with van der Waals surface area (Å²) in [7, 11) is 1.65. The molecule has 0 aliphatic heterocycles. The summed E-state index contributed by atoms with van der Waals surface area (Å²) in [5, 5.41) is 18.5. The van der Waals surface area contributed by atoms with Gasteiger partial charge in [-0.2, -0.15) is 5.11 Å². The van der Waals surface area contributed by atoms with E-state index in [1.807, 2.05) is 12.1 Å². The standard InChI is InChI=1S/C13H19N3O/c1-3-16(15-14-2)11-5-4-6-12-7-9-13(17)10-8-12/h3,7-10,17H,1,4-6,11H2,2H3. The van der Waals surface area contributed by atoms with Crippen LogP contribution in [0.5, 0.6) is 5.75 Å². The van der Waals surface area contributed by atoms with Crippen LogP contribution in [0.3, 0.4) is 0 Å². The third-order valence-corrected chi connectivity index (χ3v) is 2.45. The van der Waals surface area contributed by atoms with Gasteiger partial charge in [0.25, 0.3) is 0 Å². The van der Waals surface area contributed by atoms with Crippen LogP contribution in [0.4, 0.5) is 0 Å². The third kappa shape index (κ3) is 5.15. The van der Waals surface area contributed by atoms with Crippen molar-refractivity contribution in [1.29, 1.82) is 0 Å². The molecule has 92 valence electrons. The van der Waals surface area contributed by atoms with E-state index in [2.05, 4.69) is 16.9 Å². The molecule has 17 heavy (non-hydrogen) atoms. The SMILES string of the molecule is C=CN(CCCCc1ccc(O)cc1)N=NC. The minimum Gasteiger partial charge on any atom is -0.508 e. The van der Waals surface area contributed by atoms with Crippen molar-refractivity contribution in [3.05, 3.63) is 42.6 Å². The Kier molecular flexibility index (Phi) is 5.79. The van der Waals surface area contributed by atoms with Crippen LogP contribution in [0.15, 0.2) is 47.4 Å². The molecule has 0 heterocycles. The molecule has 1 aromatic carbocycles. The number of rotatable bonds is 7. The number of aromatic hydroxyl groups is 1. The molecule has 0 saturated heterocycles. The highest BCUT2D eigenvalue weighted by molar-refractivity contribution is 5.25. The van der Waals surface area contributed by atoms with E-state index in [4.69, 9.17) is 5.11 Å². The van der Waals surface area contributed by atoms with Gasteiger partial charge in [0.1, 0.15) is 5.75 Å². The lowest BCUT2D eigenvalue weighted by Crippen LogP contribution is -2.10. The van der Waals surface area contributed by atoms with Gasteiger partial charge in [0.05, 0.1) is 7.05 Å². The van der Waals surface area contributed by atoms with Crippen LogP contribution in [-0.4, -0.2) is 23.7 Å². The number of aryl methyl sites for hydroxylation is 1. The van der Waals surface area contributed by atoms with E-state index in [1.165, 1.54) is 5.56 Å². The van der Waals surface area contributed by atoms with E-state index in [-0.39, 0.29) is 0 Å². The van der Waals surface area contributed by atoms with E-state index in [0.29, 0.717) is 5.75 Å². The van der Waals surface area contributed by atoms with Crippen molar-refractivity contribution in [2.24, 2.45) is 10.3 Å². The van der Waals surface area contributed by atoms with E-state index in [9.17, 15) is 0 Å². The average molecular weight is 233 g/mol. The van der Waals surface area contributed by atoms with Gasteiger partial charge in [-0.05, 0) is 37.0 Å². The molecule has 0 spiro atoms. The first kappa shape index (κ1) is 13.2. The maximum atomic E-state index is 9.15. The molecule has 1 aromatic rings. The first-order valence-electron chi connectivity index (χ1n) is 5.73. The van der Waals surface area contributed by atoms with Crippen LogP contribution in [0, 0.1) is 0 Å². The van der Waals surface area contributed by atoms with Gasteiger partial charge < -0.3 is 5.11 Å². The largest absolute Gasteiger partial charge is 0.508 e. The van der Waals surface area contributed by atoms with Crippen LogP contribution in [0.25, 0.3) is 0 Å². The normalized spacial score (nSPS) is 10.6. The molecule has 1 rings (SSSR count). The monoisotopic (exact) mass is 233 g/mol. The minimum absolute atomic E-state index is 0.315. The van der Waals surface area contributed by atoms with Gasteiger partial charge >= 0.3 is 0 Å². The summed E-state index contributed by atoms with van der Waals surface area (Å²) in [5.41, 5.74) is 1.24. The first-order chi connectivity index (χ1) is 8.26. The van der Waals surface area contributed by atoms with Crippen LogP contribution >= 0.6 is 0 Å². The Balaban J connectivity index is 2.23. The highest BCUT2D eigenvalue weighted by Crippen LogP contribution is 2.12. The predicted molar refractivity (Wildman–Crippen MR) is 68.7 cm³/mol. The van der Waals surface area contributed by atoms with E-state index in [0.717, 1.165) is 25.8 Å². The van der Waals surface area contributed by atoms with Gasteiger partial charge in [-0.1, -0.05) is 23.9 Å². The molecule has 0 fully saturated rings. The van der Waals surface area contributed by atoms with Gasteiger partial charge in [-0.3, -0.25) is 5.01 Å². The van der Waals surface area contributed by atoms with Crippen molar-refractivity contribution < 1.29 is 5.11 Å². The second kappa shape index (κ2) is 7.44. The lowest BCUT2D eigenvalue weighted by atomic mass is 10.1. The van der Waals surface area contributed by atoms with Gasteiger partial charge in [0.15, 0.2) is 0 Å². The number of benzene rings is 1. The molecule has 0 atom stereocenters. The van der Waals surface area contributed by atoms with Crippen molar-refractivity contribution in [2.75, 3.05) is 13.6 Å². The van der Waals surface area contributed by atoms with E-state index in [1.54, 1.807) is 30.4 Å². The van der Waals surface area contributed by atoms with Crippen molar-refractivity contribution in [3.63, 3.8) is 0 Å². The molecule has 0 saturated carbocycles. The maximum Gasteiger partial charge on any atom is 0.115 e. The Morgan fingerprint density at radius 2 is 2.00 bits per heavy atom. The van der Waals surface area contributed by atoms with Crippen LogP contribution in [0.1, 0.15) is 18.4 Å². The molecule has 0 amide bonds. The lowest BCUT2D eigenvalue weighted by molar-refractivity contribution is 0.361. The Morgan fingerprint density at radius 3 is 2.59 bits per heavy atom.